The van der Waals surface area contributed by atoms with Crippen molar-refractivity contribution >= 4 is 17.3 Å². The van der Waals surface area contributed by atoms with Crippen molar-refractivity contribution in [3.63, 3.8) is 0 Å². The van der Waals surface area contributed by atoms with Crippen LogP contribution in [0.1, 0.15) is 145 Å². The van der Waals surface area contributed by atoms with Gasteiger partial charge in [0.15, 0.2) is 23.0 Å². The molecule has 0 saturated carbocycles. The molecule has 0 heterocycles. The molecule has 0 aliphatic heterocycles. The smallest absolute Gasteiger partial charge is 0.219 e. The van der Waals surface area contributed by atoms with E-state index < -0.39 is 41.1 Å². The Kier molecular flexibility index (Phi) is 18.5. The number of hydrogen-bond acceptors (Lipinski definition) is 6. The molecule has 0 aliphatic rings. The minimum absolute atomic E-state index is 0.130. The van der Waals surface area contributed by atoms with Gasteiger partial charge in [-0.25, -0.2) is 0 Å². The molecule has 0 rings (SSSR count). The van der Waals surface area contributed by atoms with E-state index in [-0.39, 0.29) is 24.7 Å². The normalized spacial score (nSPS) is 17.5. The molecule has 0 bridgehead atoms. The zero-order chi connectivity index (χ0) is 30.2. The van der Waals surface area contributed by atoms with Crippen molar-refractivity contribution in [3.05, 3.63) is 0 Å². The lowest BCUT2D eigenvalue weighted by atomic mass is 9.69. The summed E-state index contributed by atoms with van der Waals surface area (Å²) in [6.45, 7) is 15.2. The highest BCUT2D eigenvalue weighted by atomic mass is 16.4. The highest BCUT2D eigenvalue weighted by molar-refractivity contribution is 6.16. The molecule has 6 nitrogen and oxygen atoms in total. The first-order valence-corrected chi connectivity index (χ1v) is 15.8. The van der Waals surface area contributed by atoms with E-state index in [0.29, 0.717) is 31.1 Å². The molecule has 0 saturated heterocycles. The molecule has 4 unspecified atom stereocenters. The molecule has 39 heavy (non-hydrogen) atoms. The van der Waals surface area contributed by atoms with E-state index in [1.165, 1.54) is 0 Å². The summed E-state index contributed by atoms with van der Waals surface area (Å²) in [7, 11) is 0. The van der Waals surface area contributed by atoms with E-state index in [1.807, 2.05) is 20.8 Å². The summed E-state index contributed by atoms with van der Waals surface area (Å²) in [4.78, 5) is 40.6. The number of aliphatic hydroxyl groups excluding tert-OH is 1. The van der Waals surface area contributed by atoms with Gasteiger partial charge in [-0.2, -0.15) is 0 Å². The third-order valence-electron chi connectivity index (χ3n) is 8.42. The first-order chi connectivity index (χ1) is 18.2. The maximum absolute atomic E-state index is 13.6. The third-order valence-corrected chi connectivity index (χ3v) is 8.42. The van der Waals surface area contributed by atoms with Gasteiger partial charge in [0.2, 0.25) is 5.60 Å². The van der Waals surface area contributed by atoms with Crippen molar-refractivity contribution in [2.24, 2.45) is 29.6 Å². The number of unbranched alkanes of at least 4 members (excludes halogenated alkanes) is 2. The van der Waals surface area contributed by atoms with Crippen LogP contribution in [0, 0.1) is 29.6 Å². The summed E-state index contributed by atoms with van der Waals surface area (Å²) in [5, 5.41) is 33.5. The lowest BCUT2D eigenvalue weighted by Gasteiger charge is -2.40. The SMILES string of the molecule is CCCCCC(C)C(=O)C(O)(CO)C(O)(C(=O)CCC(C)CCCC(C)C)C(=O)CCC(C)CCCC(C)C. The van der Waals surface area contributed by atoms with Crippen molar-refractivity contribution in [1.82, 2.24) is 0 Å². The lowest BCUT2D eigenvalue weighted by molar-refractivity contribution is -0.196. The summed E-state index contributed by atoms with van der Waals surface area (Å²) in [6.07, 6.45) is 9.75. The molecule has 230 valence electrons. The fourth-order valence-electron chi connectivity index (χ4n) is 5.38. The Morgan fingerprint density at radius 3 is 1.41 bits per heavy atom. The zero-order valence-electron chi connectivity index (χ0n) is 26.6. The number of carbonyl (C=O) groups excluding carboxylic acids is 3. The van der Waals surface area contributed by atoms with Gasteiger partial charge < -0.3 is 15.3 Å². The second-order valence-corrected chi connectivity index (χ2v) is 13.3. The maximum atomic E-state index is 13.6. The van der Waals surface area contributed by atoms with Crippen LogP contribution in [0.4, 0.5) is 0 Å². The first kappa shape index (κ1) is 37.9. The predicted molar refractivity (Wildman–Crippen MR) is 159 cm³/mol. The van der Waals surface area contributed by atoms with Crippen LogP contribution in [0.2, 0.25) is 0 Å². The molecule has 3 N–H and O–H groups in total. The van der Waals surface area contributed by atoms with Gasteiger partial charge in [-0.05, 0) is 42.9 Å². The van der Waals surface area contributed by atoms with Crippen LogP contribution in [0.3, 0.4) is 0 Å². The molecule has 4 atom stereocenters. The van der Waals surface area contributed by atoms with Gasteiger partial charge in [-0.15, -0.1) is 0 Å². The molecule has 0 spiro atoms. The van der Waals surface area contributed by atoms with E-state index in [4.69, 9.17) is 0 Å². The Balaban J connectivity index is 5.84. The molecule has 0 aliphatic carbocycles. The quantitative estimate of drug-likeness (QED) is 0.0888. The van der Waals surface area contributed by atoms with Crippen molar-refractivity contribution in [1.29, 1.82) is 0 Å². The summed E-state index contributed by atoms with van der Waals surface area (Å²) in [5.41, 5.74) is -5.80. The van der Waals surface area contributed by atoms with Crippen LogP contribution in [-0.2, 0) is 14.4 Å². The monoisotopic (exact) mass is 554 g/mol. The molecule has 0 aromatic carbocycles. The van der Waals surface area contributed by atoms with Gasteiger partial charge in [-0.3, -0.25) is 14.4 Å². The highest BCUT2D eigenvalue weighted by Crippen LogP contribution is 2.34. The highest BCUT2D eigenvalue weighted by Gasteiger charge is 2.63. The zero-order valence-corrected chi connectivity index (χ0v) is 26.6. The van der Waals surface area contributed by atoms with E-state index in [0.717, 1.165) is 57.8 Å². The minimum atomic E-state index is -2.95. The summed E-state index contributed by atoms with van der Waals surface area (Å²) in [5.74, 6) is -1.68. The van der Waals surface area contributed by atoms with Crippen molar-refractivity contribution in [3.8, 4) is 0 Å². The third kappa shape index (κ3) is 12.5. The molecule has 0 fully saturated rings. The molecule has 0 amide bonds. The van der Waals surface area contributed by atoms with Crippen LogP contribution in [-0.4, -0.2) is 50.5 Å². The lowest BCUT2D eigenvalue weighted by Crippen LogP contribution is -2.70. The van der Waals surface area contributed by atoms with E-state index in [1.54, 1.807) is 6.92 Å². The largest absolute Gasteiger partial charge is 0.393 e. The van der Waals surface area contributed by atoms with Gasteiger partial charge in [0.1, 0.15) is 0 Å². The average Bonchev–Trinajstić information content (AvgIpc) is 2.88. The fourth-order valence-corrected chi connectivity index (χ4v) is 5.38. The molecule has 6 heteroatoms. The Morgan fingerprint density at radius 2 is 1.05 bits per heavy atom. The molecule has 0 aromatic rings. The van der Waals surface area contributed by atoms with Gasteiger partial charge in [0.25, 0.3) is 0 Å². The molecular formula is C33H62O6. The average molecular weight is 555 g/mol. The summed E-state index contributed by atoms with van der Waals surface area (Å²) < 4.78 is 0. The number of ketones is 3. The van der Waals surface area contributed by atoms with Crippen molar-refractivity contribution in [2.75, 3.05) is 6.61 Å². The van der Waals surface area contributed by atoms with Crippen LogP contribution < -0.4 is 0 Å². The van der Waals surface area contributed by atoms with E-state index >= 15 is 0 Å². The number of aliphatic hydroxyl groups is 3. The second kappa shape index (κ2) is 19.1. The summed E-state index contributed by atoms with van der Waals surface area (Å²) in [6, 6.07) is 0. The van der Waals surface area contributed by atoms with Crippen LogP contribution in [0.5, 0.6) is 0 Å². The predicted octanol–water partition coefficient (Wildman–Crippen LogP) is 6.85. The fraction of sp³-hybridized carbons (Fsp3) is 0.909. The number of rotatable bonds is 24. The van der Waals surface area contributed by atoms with Gasteiger partial charge in [0, 0.05) is 18.8 Å². The van der Waals surface area contributed by atoms with Crippen LogP contribution in [0.15, 0.2) is 0 Å². The van der Waals surface area contributed by atoms with Gasteiger partial charge in [-0.1, -0.05) is 113 Å². The van der Waals surface area contributed by atoms with Gasteiger partial charge >= 0.3 is 0 Å². The standard InChI is InChI=1S/C33H62O6/c1-9-10-11-18-28(8)31(37)32(38,23-34)33(39,29(35)21-19-26(6)16-12-14-24(2)3)30(36)22-20-27(7)17-13-15-25(4)5/h24-28,34,38-39H,9-23H2,1-8H3. The number of Topliss-reactive ketones (excluding diaryl/α,β-unsaturated/α-hetero) is 3. The van der Waals surface area contributed by atoms with Crippen molar-refractivity contribution < 1.29 is 29.7 Å². The first-order valence-electron chi connectivity index (χ1n) is 15.8. The molecule has 0 aromatic heterocycles. The molecular weight excluding hydrogens is 492 g/mol. The Morgan fingerprint density at radius 1 is 0.615 bits per heavy atom. The Hall–Kier alpha value is -1.11. The summed E-state index contributed by atoms with van der Waals surface area (Å²) >= 11 is 0. The Labute approximate surface area is 239 Å². The van der Waals surface area contributed by atoms with E-state index in [9.17, 15) is 29.7 Å². The van der Waals surface area contributed by atoms with Crippen molar-refractivity contribution in [2.45, 2.75) is 156 Å². The van der Waals surface area contributed by atoms with Crippen LogP contribution in [0.25, 0.3) is 0 Å². The minimum Gasteiger partial charge on any atom is -0.393 e. The Bertz CT molecular complexity index is 679. The topological polar surface area (TPSA) is 112 Å². The maximum Gasteiger partial charge on any atom is 0.219 e. The van der Waals surface area contributed by atoms with Gasteiger partial charge in [0.05, 0.1) is 6.61 Å². The van der Waals surface area contributed by atoms with Crippen LogP contribution >= 0.6 is 0 Å². The second-order valence-electron chi connectivity index (χ2n) is 13.3. The van der Waals surface area contributed by atoms with E-state index in [2.05, 4.69) is 27.7 Å². The molecule has 0 radical (unpaired) electrons. The number of hydrogen-bond donors (Lipinski definition) is 3. The number of carbonyl (C=O) groups is 3.